The average Bonchev–Trinajstić information content (AvgIpc) is 2.75. The Hall–Kier alpha value is -3.22. The smallest absolute Gasteiger partial charge is 0.0559 e. The minimum atomic E-state index is 0.608. The Morgan fingerprint density at radius 1 is 0.367 bits per heavy atom. The number of rotatable bonds is 5. The van der Waals surface area contributed by atoms with Gasteiger partial charge in [0.2, 0.25) is 0 Å². The number of nitrogen functional groups attached to an aromatic ring is 4. The molecule has 30 heavy (non-hydrogen) atoms. The molecule has 6 heteroatoms. The maximum absolute atomic E-state index is 5.90. The van der Waals surface area contributed by atoms with E-state index in [1.54, 1.807) is 23.5 Å². The molecule has 4 rings (SSSR count). The maximum Gasteiger partial charge on any atom is 0.0559 e. The van der Waals surface area contributed by atoms with E-state index in [1.807, 2.05) is 36.4 Å². The van der Waals surface area contributed by atoms with E-state index in [0.29, 0.717) is 22.7 Å². The topological polar surface area (TPSA) is 104 Å². The zero-order valence-corrected chi connectivity index (χ0v) is 17.8. The van der Waals surface area contributed by atoms with Crippen LogP contribution in [-0.2, 0) is 0 Å². The predicted molar refractivity (Wildman–Crippen MR) is 131 cm³/mol. The molecule has 0 amide bonds. The monoisotopic (exact) mass is 430 g/mol. The molecular weight excluding hydrogens is 408 g/mol. The third kappa shape index (κ3) is 4.67. The van der Waals surface area contributed by atoms with Crippen LogP contribution in [0.5, 0.6) is 0 Å². The van der Waals surface area contributed by atoms with Gasteiger partial charge in [-0.1, -0.05) is 47.8 Å². The van der Waals surface area contributed by atoms with E-state index in [9.17, 15) is 0 Å². The van der Waals surface area contributed by atoms with Gasteiger partial charge in [0.25, 0.3) is 0 Å². The van der Waals surface area contributed by atoms with Gasteiger partial charge in [0, 0.05) is 19.6 Å². The van der Waals surface area contributed by atoms with E-state index in [1.165, 1.54) is 11.1 Å². The van der Waals surface area contributed by atoms with Crippen LogP contribution in [0.3, 0.4) is 0 Å². The van der Waals surface area contributed by atoms with Gasteiger partial charge in [-0.2, -0.15) is 0 Å². The summed E-state index contributed by atoms with van der Waals surface area (Å²) in [5.41, 5.74) is 28.1. The van der Waals surface area contributed by atoms with Crippen LogP contribution in [0.2, 0.25) is 0 Å². The highest BCUT2D eigenvalue weighted by atomic mass is 32.2. The van der Waals surface area contributed by atoms with Crippen LogP contribution >= 0.6 is 23.5 Å². The third-order valence-electron chi connectivity index (χ3n) is 4.63. The third-order valence-corrected chi connectivity index (χ3v) is 6.62. The summed E-state index contributed by atoms with van der Waals surface area (Å²) in [6, 6.07) is 28.4. The molecule has 8 N–H and O–H groups in total. The van der Waals surface area contributed by atoms with Crippen LogP contribution < -0.4 is 22.9 Å². The molecule has 0 fully saturated rings. The molecule has 0 aromatic heterocycles. The van der Waals surface area contributed by atoms with E-state index in [0.717, 1.165) is 19.6 Å². The Morgan fingerprint density at radius 2 is 0.700 bits per heavy atom. The van der Waals surface area contributed by atoms with Gasteiger partial charge in [-0.15, -0.1) is 0 Å². The van der Waals surface area contributed by atoms with Crippen molar-refractivity contribution < 1.29 is 0 Å². The molecule has 0 radical (unpaired) electrons. The van der Waals surface area contributed by atoms with E-state index in [-0.39, 0.29) is 0 Å². The number of nitrogens with two attached hydrogens (primary N) is 4. The van der Waals surface area contributed by atoms with Gasteiger partial charge in [0.15, 0.2) is 0 Å². The Bertz CT molecular complexity index is 1080. The molecule has 0 saturated heterocycles. The molecule has 0 unspecified atom stereocenters. The van der Waals surface area contributed by atoms with Gasteiger partial charge in [-0.25, -0.2) is 0 Å². The van der Waals surface area contributed by atoms with Crippen molar-refractivity contribution in [3.8, 4) is 11.1 Å². The van der Waals surface area contributed by atoms with Crippen molar-refractivity contribution in [3.05, 3.63) is 84.9 Å². The lowest BCUT2D eigenvalue weighted by atomic mass is 10.1. The zero-order valence-electron chi connectivity index (χ0n) is 16.2. The minimum absolute atomic E-state index is 0.608. The number of benzene rings is 4. The summed E-state index contributed by atoms with van der Waals surface area (Å²) in [4.78, 5) is 4.44. The van der Waals surface area contributed by atoms with Crippen LogP contribution in [0.15, 0.2) is 105 Å². The standard InChI is InChI=1S/C24H22N4S2/c25-21-11-9-19(13-23(21)27)29-17-5-1-15(2-6-17)16-3-7-18(8-4-16)30-20-10-12-22(26)24(28)14-20/h1-14H,25-28H2. The first-order chi connectivity index (χ1) is 14.5. The van der Waals surface area contributed by atoms with Crippen molar-refractivity contribution >= 4 is 46.3 Å². The SMILES string of the molecule is Nc1ccc(Sc2ccc(-c3ccc(Sc4ccc(N)c(N)c4)cc3)cc2)cc1N. The second kappa shape index (κ2) is 8.65. The Balaban J connectivity index is 1.44. The van der Waals surface area contributed by atoms with Crippen molar-refractivity contribution in [1.82, 2.24) is 0 Å². The normalized spacial score (nSPS) is 10.8. The van der Waals surface area contributed by atoms with Crippen molar-refractivity contribution in [2.24, 2.45) is 0 Å². The zero-order chi connectivity index (χ0) is 21.1. The molecular formula is C24H22N4S2. The molecule has 4 nitrogen and oxygen atoms in total. The van der Waals surface area contributed by atoms with Crippen LogP contribution in [0.1, 0.15) is 0 Å². The van der Waals surface area contributed by atoms with Gasteiger partial charge in [-0.3, -0.25) is 0 Å². The molecule has 150 valence electrons. The van der Waals surface area contributed by atoms with E-state index in [4.69, 9.17) is 22.9 Å². The van der Waals surface area contributed by atoms with E-state index >= 15 is 0 Å². The fraction of sp³-hybridized carbons (Fsp3) is 0. The number of hydrogen-bond donors (Lipinski definition) is 4. The second-order valence-electron chi connectivity index (χ2n) is 6.83. The second-order valence-corrected chi connectivity index (χ2v) is 9.13. The first kappa shape index (κ1) is 20.1. The molecule has 0 saturated carbocycles. The Morgan fingerprint density at radius 3 is 1.03 bits per heavy atom. The lowest BCUT2D eigenvalue weighted by Crippen LogP contribution is -1.93. The van der Waals surface area contributed by atoms with Crippen LogP contribution in [0, 0.1) is 0 Å². The first-order valence-corrected chi connectivity index (χ1v) is 11.0. The summed E-state index contributed by atoms with van der Waals surface area (Å²) >= 11 is 3.32. The average molecular weight is 431 g/mol. The van der Waals surface area contributed by atoms with Crippen LogP contribution in [0.25, 0.3) is 11.1 Å². The van der Waals surface area contributed by atoms with Crippen molar-refractivity contribution in [2.75, 3.05) is 22.9 Å². The Labute approximate surface area is 184 Å². The predicted octanol–water partition coefficient (Wildman–Crippen LogP) is 5.98. The molecule has 0 bridgehead atoms. The molecule has 0 atom stereocenters. The van der Waals surface area contributed by atoms with Crippen molar-refractivity contribution in [2.45, 2.75) is 19.6 Å². The summed E-state index contributed by atoms with van der Waals surface area (Å²) in [6.07, 6.45) is 0. The fourth-order valence-corrected chi connectivity index (χ4v) is 4.67. The molecule has 4 aromatic carbocycles. The highest BCUT2D eigenvalue weighted by Crippen LogP contribution is 2.34. The fourth-order valence-electron chi connectivity index (χ4n) is 2.94. The van der Waals surface area contributed by atoms with Gasteiger partial charge >= 0.3 is 0 Å². The first-order valence-electron chi connectivity index (χ1n) is 9.34. The van der Waals surface area contributed by atoms with Crippen LogP contribution in [-0.4, -0.2) is 0 Å². The highest BCUT2D eigenvalue weighted by Gasteiger charge is 2.04. The molecule has 0 heterocycles. The summed E-state index contributed by atoms with van der Waals surface area (Å²) in [7, 11) is 0. The maximum atomic E-state index is 5.90. The number of anilines is 4. The van der Waals surface area contributed by atoms with E-state index < -0.39 is 0 Å². The van der Waals surface area contributed by atoms with E-state index in [2.05, 4.69) is 48.5 Å². The lowest BCUT2D eigenvalue weighted by Gasteiger charge is -2.08. The summed E-state index contributed by atoms with van der Waals surface area (Å²) in [5.74, 6) is 0. The highest BCUT2D eigenvalue weighted by molar-refractivity contribution is 7.99. The molecule has 0 aliphatic carbocycles. The molecule has 0 aliphatic rings. The van der Waals surface area contributed by atoms with Gasteiger partial charge in [0.05, 0.1) is 22.7 Å². The van der Waals surface area contributed by atoms with Crippen molar-refractivity contribution in [1.29, 1.82) is 0 Å². The van der Waals surface area contributed by atoms with Gasteiger partial charge in [-0.05, 0) is 71.8 Å². The summed E-state index contributed by atoms with van der Waals surface area (Å²) < 4.78 is 0. The minimum Gasteiger partial charge on any atom is -0.397 e. The summed E-state index contributed by atoms with van der Waals surface area (Å²) in [5, 5.41) is 0. The van der Waals surface area contributed by atoms with Gasteiger partial charge < -0.3 is 22.9 Å². The molecule has 4 aromatic rings. The summed E-state index contributed by atoms with van der Waals surface area (Å²) in [6.45, 7) is 0. The molecule has 0 spiro atoms. The van der Waals surface area contributed by atoms with Crippen LogP contribution in [0.4, 0.5) is 22.7 Å². The largest absolute Gasteiger partial charge is 0.397 e. The quantitative estimate of drug-likeness (QED) is 0.290. The number of hydrogen-bond acceptors (Lipinski definition) is 6. The lowest BCUT2D eigenvalue weighted by molar-refractivity contribution is 1.39. The molecule has 0 aliphatic heterocycles. The van der Waals surface area contributed by atoms with Gasteiger partial charge in [0.1, 0.15) is 0 Å². The van der Waals surface area contributed by atoms with Crippen molar-refractivity contribution in [3.63, 3.8) is 0 Å². The Kier molecular flexibility index (Phi) is 5.79.